The highest BCUT2D eigenvalue weighted by molar-refractivity contribution is 5.27. The van der Waals surface area contributed by atoms with E-state index in [4.69, 9.17) is 5.11 Å². The number of rotatable bonds is 3. The number of hydrogen-bond donors (Lipinski definition) is 2. The van der Waals surface area contributed by atoms with Crippen molar-refractivity contribution in [3.8, 4) is 0 Å². The molecular formula is C15H22O2. The smallest absolute Gasteiger partial charge is 0.0637 e. The Hall–Kier alpha value is -0.860. The Morgan fingerprint density at radius 2 is 2.12 bits per heavy atom. The monoisotopic (exact) mass is 234 g/mol. The highest BCUT2D eigenvalue weighted by Gasteiger charge is 2.32. The Bertz CT molecular complexity index is 360. The molecule has 2 heteroatoms. The molecule has 1 aliphatic rings. The topological polar surface area (TPSA) is 40.5 Å². The Balaban J connectivity index is 2.14. The fourth-order valence-corrected chi connectivity index (χ4v) is 3.02. The maximum atomic E-state index is 10.4. The predicted octanol–water partition coefficient (Wildman–Crippen LogP) is 2.62. The summed E-state index contributed by atoms with van der Waals surface area (Å²) < 4.78 is 0. The van der Waals surface area contributed by atoms with Gasteiger partial charge < -0.3 is 10.2 Å². The first-order valence-corrected chi connectivity index (χ1v) is 6.58. The van der Waals surface area contributed by atoms with Crippen LogP contribution >= 0.6 is 0 Å². The molecule has 1 aromatic carbocycles. The summed E-state index contributed by atoms with van der Waals surface area (Å²) in [6.45, 7) is 2.27. The summed E-state index contributed by atoms with van der Waals surface area (Å²) in [5.41, 5.74) is 2.50. The number of hydrogen-bond acceptors (Lipinski definition) is 2. The molecule has 94 valence electrons. The number of benzene rings is 1. The van der Waals surface area contributed by atoms with E-state index in [1.54, 1.807) is 0 Å². The first kappa shape index (κ1) is 12.6. The third kappa shape index (κ3) is 2.88. The highest BCUT2D eigenvalue weighted by Crippen LogP contribution is 2.37. The van der Waals surface area contributed by atoms with Gasteiger partial charge in [0.15, 0.2) is 0 Å². The number of aliphatic hydroxyl groups is 2. The lowest BCUT2D eigenvalue weighted by molar-refractivity contribution is 0.0361. The van der Waals surface area contributed by atoms with E-state index in [2.05, 4.69) is 31.2 Å². The summed E-state index contributed by atoms with van der Waals surface area (Å²) in [7, 11) is 0. The second-order valence-electron chi connectivity index (χ2n) is 5.21. The minimum Gasteiger partial charge on any atom is -0.396 e. The molecule has 0 unspecified atom stereocenters. The summed E-state index contributed by atoms with van der Waals surface area (Å²) in [6.07, 6.45) is 3.69. The van der Waals surface area contributed by atoms with Crippen LogP contribution in [0.1, 0.15) is 42.7 Å². The molecule has 1 aromatic rings. The van der Waals surface area contributed by atoms with Gasteiger partial charge in [0.05, 0.1) is 6.10 Å². The van der Waals surface area contributed by atoms with Crippen LogP contribution in [0.5, 0.6) is 0 Å². The van der Waals surface area contributed by atoms with Crippen molar-refractivity contribution in [2.45, 2.75) is 44.6 Å². The van der Waals surface area contributed by atoms with Crippen LogP contribution in [0.2, 0.25) is 0 Å². The molecule has 0 bridgehead atoms. The van der Waals surface area contributed by atoms with E-state index in [0.717, 1.165) is 25.7 Å². The van der Waals surface area contributed by atoms with E-state index in [9.17, 15) is 5.11 Å². The molecule has 1 fully saturated rings. The normalized spacial score (nSPS) is 29.2. The van der Waals surface area contributed by atoms with Crippen LogP contribution in [0.15, 0.2) is 24.3 Å². The zero-order chi connectivity index (χ0) is 12.3. The van der Waals surface area contributed by atoms with Crippen molar-refractivity contribution in [1.82, 2.24) is 0 Å². The number of aryl methyl sites for hydroxylation is 1. The van der Waals surface area contributed by atoms with Crippen LogP contribution < -0.4 is 0 Å². The lowest BCUT2D eigenvalue weighted by Gasteiger charge is -2.35. The molecule has 0 aliphatic heterocycles. The average Bonchev–Trinajstić information content (AvgIpc) is 2.32. The zero-order valence-corrected chi connectivity index (χ0v) is 10.5. The van der Waals surface area contributed by atoms with E-state index >= 15 is 0 Å². The van der Waals surface area contributed by atoms with Crippen molar-refractivity contribution in [1.29, 1.82) is 0 Å². The summed E-state index contributed by atoms with van der Waals surface area (Å²) in [6, 6.07) is 8.44. The lowest BCUT2D eigenvalue weighted by atomic mass is 9.74. The van der Waals surface area contributed by atoms with Crippen molar-refractivity contribution in [3.63, 3.8) is 0 Å². The van der Waals surface area contributed by atoms with Gasteiger partial charge in [0, 0.05) is 12.5 Å². The zero-order valence-electron chi connectivity index (χ0n) is 10.5. The van der Waals surface area contributed by atoms with Crippen LogP contribution in [0, 0.1) is 12.8 Å². The third-order valence-corrected chi connectivity index (χ3v) is 3.96. The van der Waals surface area contributed by atoms with E-state index in [1.165, 1.54) is 11.1 Å². The van der Waals surface area contributed by atoms with E-state index in [0.29, 0.717) is 0 Å². The van der Waals surface area contributed by atoms with Crippen LogP contribution in [0.25, 0.3) is 0 Å². The first-order valence-electron chi connectivity index (χ1n) is 6.58. The van der Waals surface area contributed by atoms with Crippen molar-refractivity contribution >= 4 is 0 Å². The van der Waals surface area contributed by atoms with E-state index in [-0.39, 0.29) is 24.5 Å². The number of aliphatic hydroxyl groups excluding tert-OH is 2. The van der Waals surface area contributed by atoms with E-state index < -0.39 is 0 Å². The quantitative estimate of drug-likeness (QED) is 0.844. The molecule has 0 saturated heterocycles. The van der Waals surface area contributed by atoms with Crippen LogP contribution in [0.4, 0.5) is 0 Å². The molecule has 0 radical (unpaired) electrons. The molecule has 0 heterocycles. The minimum atomic E-state index is -0.294. The fraction of sp³-hybridized carbons (Fsp3) is 0.600. The molecule has 0 amide bonds. The second-order valence-corrected chi connectivity index (χ2v) is 5.21. The Morgan fingerprint density at radius 1 is 1.29 bits per heavy atom. The molecule has 1 saturated carbocycles. The molecule has 3 atom stereocenters. The van der Waals surface area contributed by atoms with Crippen molar-refractivity contribution < 1.29 is 10.2 Å². The third-order valence-electron chi connectivity index (χ3n) is 3.96. The van der Waals surface area contributed by atoms with Gasteiger partial charge in [-0.3, -0.25) is 0 Å². The average molecular weight is 234 g/mol. The maximum Gasteiger partial charge on any atom is 0.0637 e. The standard InChI is InChI=1S/C15H22O2/c1-11-4-2-6-13(10-11)14-7-3-5-12(8-9-16)15(14)17/h2,4,6,10,12,14-17H,3,5,7-9H2,1H3/t12-,14+,15+/m1/s1. The van der Waals surface area contributed by atoms with Gasteiger partial charge in [-0.2, -0.15) is 0 Å². The Labute approximate surface area is 103 Å². The molecule has 2 N–H and O–H groups in total. The lowest BCUT2D eigenvalue weighted by Crippen LogP contribution is -2.32. The van der Waals surface area contributed by atoms with Gasteiger partial charge in [-0.1, -0.05) is 36.2 Å². The molecule has 0 spiro atoms. The maximum absolute atomic E-state index is 10.4. The molecular weight excluding hydrogens is 212 g/mol. The van der Waals surface area contributed by atoms with Crippen LogP contribution in [-0.4, -0.2) is 22.9 Å². The summed E-state index contributed by atoms with van der Waals surface area (Å²) in [5, 5.41) is 19.4. The predicted molar refractivity (Wildman–Crippen MR) is 69.0 cm³/mol. The van der Waals surface area contributed by atoms with Gasteiger partial charge >= 0.3 is 0 Å². The fourth-order valence-electron chi connectivity index (χ4n) is 3.02. The van der Waals surface area contributed by atoms with Gasteiger partial charge in [-0.15, -0.1) is 0 Å². The summed E-state index contributed by atoms with van der Waals surface area (Å²) >= 11 is 0. The van der Waals surface area contributed by atoms with Gasteiger partial charge in [0.25, 0.3) is 0 Å². The largest absolute Gasteiger partial charge is 0.396 e. The summed E-state index contributed by atoms with van der Waals surface area (Å²) in [4.78, 5) is 0. The SMILES string of the molecule is Cc1cccc([C@@H]2CCC[C@H](CCO)[C@@H]2O)c1. The molecule has 2 rings (SSSR count). The van der Waals surface area contributed by atoms with Crippen molar-refractivity contribution in [3.05, 3.63) is 35.4 Å². The van der Waals surface area contributed by atoms with Crippen molar-refractivity contribution in [2.24, 2.45) is 5.92 Å². The molecule has 1 aliphatic carbocycles. The van der Waals surface area contributed by atoms with Gasteiger partial charge in [-0.25, -0.2) is 0 Å². The van der Waals surface area contributed by atoms with E-state index in [1.807, 2.05) is 0 Å². The van der Waals surface area contributed by atoms with Gasteiger partial charge in [-0.05, 0) is 37.7 Å². The minimum absolute atomic E-state index is 0.183. The molecule has 0 aromatic heterocycles. The van der Waals surface area contributed by atoms with Crippen LogP contribution in [0.3, 0.4) is 0 Å². The van der Waals surface area contributed by atoms with Crippen LogP contribution in [-0.2, 0) is 0 Å². The Morgan fingerprint density at radius 3 is 2.82 bits per heavy atom. The molecule has 2 nitrogen and oxygen atoms in total. The second kappa shape index (κ2) is 5.65. The van der Waals surface area contributed by atoms with Gasteiger partial charge in [0.1, 0.15) is 0 Å². The van der Waals surface area contributed by atoms with Gasteiger partial charge in [0.2, 0.25) is 0 Å². The van der Waals surface area contributed by atoms with Crippen molar-refractivity contribution in [2.75, 3.05) is 6.61 Å². The Kier molecular flexibility index (Phi) is 4.19. The first-order chi connectivity index (χ1) is 8.22. The summed E-state index contributed by atoms with van der Waals surface area (Å²) in [5.74, 6) is 0.513. The molecule has 17 heavy (non-hydrogen) atoms. The highest BCUT2D eigenvalue weighted by atomic mass is 16.3.